The molecule has 0 aliphatic heterocycles. The zero-order chi connectivity index (χ0) is 21.9. The lowest BCUT2D eigenvalue weighted by Gasteiger charge is -2.23. The summed E-state index contributed by atoms with van der Waals surface area (Å²) in [4.78, 5) is 8.11. The Morgan fingerprint density at radius 1 is 1.27 bits per heavy atom. The minimum Gasteiger partial charge on any atom is -0.412 e. The van der Waals surface area contributed by atoms with E-state index in [1.807, 2.05) is 6.07 Å². The number of alkyl halides is 3. The highest BCUT2D eigenvalue weighted by Gasteiger charge is 2.38. The zero-order valence-corrected chi connectivity index (χ0v) is 16.9. The molecule has 0 saturated heterocycles. The van der Waals surface area contributed by atoms with Gasteiger partial charge in [-0.05, 0) is 12.5 Å². The summed E-state index contributed by atoms with van der Waals surface area (Å²) in [6.45, 7) is 1.50. The van der Waals surface area contributed by atoms with Crippen LogP contribution >= 0.6 is 11.3 Å². The Bertz CT molecular complexity index is 1180. The van der Waals surface area contributed by atoms with Gasteiger partial charge in [0.2, 0.25) is 10.0 Å². The minimum absolute atomic E-state index is 0.152. The molecular weight excluding hydrogens is 445 g/mol. The van der Waals surface area contributed by atoms with Gasteiger partial charge in [0.1, 0.15) is 16.0 Å². The van der Waals surface area contributed by atoms with Gasteiger partial charge in [0.05, 0.1) is 35.9 Å². The van der Waals surface area contributed by atoms with Crippen LogP contribution < -0.4 is 4.31 Å². The number of sulfonamides is 1. The van der Waals surface area contributed by atoms with E-state index in [2.05, 4.69) is 24.6 Å². The van der Waals surface area contributed by atoms with Gasteiger partial charge in [-0.1, -0.05) is 6.92 Å². The molecule has 0 amide bonds. The van der Waals surface area contributed by atoms with Crippen LogP contribution in [0, 0.1) is 11.3 Å². The van der Waals surface area contributed by atoms with Crippen molar-refractivity contribution in [3.8, 4) is 16.8 Å². The molecule has 0 saturated carbocycles. The molecule has 0 unspecified atom stereocenters. The number of hydrogen-bond acceptors (Lipinski definition) is 9. The Hall–Kier alpha value is -3.05. The Balaban J connectivity index is 1.92. The molecule has 3 rings (SSSR count). The van der Waals surface area contributed by atoms with Crippen molar-refractivity contribution in [1.29, 1.82) is 5.26 Å². The molecule has 0 fully saturated rings. The van der Waals surface area contributed by atoms with E-state index in [-0.39, 0.29) is 39.3 Å². The molecule has 0 aliphatic rings. The van der Waals surface area contributed by atoms with Gasteiger partial charge in [-0.25, -0.2) is 13.4 Å². The van der Waals surface area contributed by atoms with Crippen LogP contribution in [0.3, 0.4) is 0 Å². The molecule has 0 atom stereocenters. The largest absolute Gasteiger partial charge is 0.470 e. The molecule has 0 bridgehead atoms. The van der Waals surface area contributed by atoms with Gasteiger partial charge in [-0.3, -0.25) is 9.29 Å². The lowest BCUT2D eigenvalue weighted by Crippen LogP contribution is -2.32. The summed E-state index contributed by atoms with van der Waals surface area (Å²) < 4.78 is 69.1. The molecule has 0 spiro atoms. The van der Waals surface area contributed by atoms with Crippen molar-refractivity contribution in [1.82, 2.24) is 20.2 Å². The Labute approximate surface area is 172 Å². The van der Waals surface area contributed by atoms with Gasteiger partial charge in [0, 0.05) is 6.20 Å². The second kappa shape index (κ2) is 8.36. The van der Waals surface area contributed by atoms with E-state index in [0.717, 1.165) is 15.6 Å². The standard InChI is InChI=1S/C16H13F3N6O3S2/c1-2-3-30(26,27)25(11-4-10(5-20)6-21-7-11)9-13-22-8-12(29-13)14-23-24-15(28-14)16(17,18)19/h4,6-8H,2-3,9H2,1H3. The predicted molar refractivity (Wildman–Crippen MR) is 99.6 cm³/mol. The maximum Gasteiger partial charge on any atom is 0.470 e. The van der Waals surface area contributed by atoms with Gasteiger partial charge in [-0.2, -0.15) is 18.4 Å². The molecular formula is C16H13F3N6O3S2. The molecule has 3 aromatic rings. The number of pyridine rings is 1. The van der Waals surface area contributed by atoms with Crippen molar-refractivity contribution in [3.05, 3.63) is 41.1 Å². The van der Waals surface area contributed by atoms with Crippen LogP contribution in [-0.2, 0) is 22.7 Å². The maximum atomic E-state index is 12.8. The number of hydrogen-bond donors (Lipinski definition) is 0. The lowest BCUT2D eigenvalue weighted by atomic mass is 10.3. The van der Waals surface area contributed by atoms with Crippen molar-refractivity contribution >= 4 is 27.0 Å². The summed E-state index contributed by atoms with van der Waals surface area (Å²) in [5, 5.41) is 15.7. The summed E-state index contributed by atoms with van der Waals surface area (Å²) >= 11 is 0.911. The summed E-state index contributed by atoms with van der Waals surface area (Å²) in [5.41, 5.74) is 0.353. The quantitative estimate of drug-likeness (QED) is 0.528. The van der Waals surface area contributed by atoms with Crippen LogP contribution in [0.25, 0.3) is 10.8 Å². The molecule has 0 aromatic carbocycles. The van der Waals surface area contributed by atoms with Crippen molar-refractivity contribution < 1.29 is 26.0 Å². The Morgan fingerprint density at radius 2 is 2.03 bits per heavy atom. The van der Waals surface area contributed by atoms with Gasteiger partial charge >= 0.3 is 12.1 Å². The minimum atomic E-state index is -4.78. The smallest absolute Gasteiger partial charge is 0.412 e. The monoisotopic (exact) mass is 458 g/mol. The third-order valence-corrected chi connectivity index (χ3v) is 6.56. The molecule has 9 nitrogen and oxygen atoms in total. The highest BCUT2D eigenvalue weighted by Crippen LogP contribution is 2.33. The average Bonchev–Trinajstić information content (AvgIpc) is 3.35. The van der Waals surface area contributed by atoms with E-state index >= 15 is 0 Å². The van der Waals surface area contributed by atoms with Gasteiger partial charge < -0.3 is 4.42 Å². The summed E-state index contributed by atoms with van der Waals surface area (Å²) in [6, 6.07) is 3.27. The first kappa shape index (κ1) is 21.7. The third-order valence-electron chi connectivity index (χ3n) is 3.65. The first-order valence-corrected chi connectivity index (χ1v) is 10.8. The SMILES string of the molecule is CCCS(=O)(=O)N(Cc1ncc(-c2nnc(C(F)(F)F)o2)s1)c1cncc(C#N)c1. The van der Waals surface area contributed by atoms with Crippen molar-refractivity contribution in [2.24, 2.45) is 0 Å². The molecule has 0 radical (unpaired) electrons. The molecule has 30 heavy (non-hydrogen) atoms. The average molecular weight is 458 g/mol. The molecule has 3 aromatic heterocycles. The fourth-order valence-electron chi connectivity index (χ4n) is 2.39. The first-order chi connectivity index (χ1) is 14.1. The number of nitriles is 1. The maximum absolute atomic E-state index is 12.8. The van der Waals surface area contributed by atoms with Crippen LogP contribution in [0.4, 0.5) is 18.9 Å². The number of nitrogens with zero attached hydrogens (tertiary/aromatic N) is 6. The first-order valence-electron chi connectivity index (χ1n) is 8.35. The number of anilines is 1. The number of halogens is 3. The van der Waals surface area contributed by atoms with Crippen molar-refractivity contribution in [2.75, 3.05) is 10.1 Å². The van der Waals surface area contributed by atoms with E-state index in [1.165, 1.54) is 24.7 Å². The highest BCUT2D eigenvalue weighted by molar-refractivity contribution is 7.92. The molecule has 14 heteroatoms. The number of aromatic nitrogens is 4. The molecule has 3 heterocycles. The van der Waals surface area contributed by atoms with Gasteiger partial charge in [0.15, 0.2) is 0 Å². The normalized spacial score (nSPS) is 12.0. The summed E-state index contributed by atoms with van der Waals surface area (Å²) in [5.74, 6) is -2.01. The predicted octanol–water partition coefficient (Wildman–Crippen LogP) is 3.22. The van der Waals surface area contributed by atoms with E-state index in [0.29, 0.717) is 6.42 Å². The molecule has 0 N–H and O–H groups in total. The van der Waals surface area contributed by atoms with Crippen LogP contribution in [0.1, 0.15) is 29.8 Å². The lowest BCUT2D eigenvalue weighted by molar-refractivity contribution is -0.156. The second-order valence-electron chi connectivity index (χ2n) is 5.89. The van der Waals surface area contributed by atoms with E-state index in [1.54, 1.807) is 6.92 Å². The third kappa shape index (κ3) is 4.74. The van der Waals surface area contributed by atoms with E-state index < -0.39 is 22.1 Å². The van der Waals surface area contributed by atoms with Crippen LogP contribution in [0.15, 0.2) is 29.1 Å². The number of thiazole rings is 1. The summed E-state index contributed by atoms with van der Waals surface area (Å²) in [7, 11) is -3.77. The van der Waals surface area contributed by atoms with Crippen molar-refractivity contribution in [3.63, 3.8) is 0 Å². The number of rotatable bonds is 7. The molecule has 0 aliphatic carbocycles. The topological polar surface area (TPSA) is 126 Å². The van der Waals surface area contributed by atoms with Crippen LogP contribution in [0.2, 0.25) is 0 Å². The van der Waals surface area contributed by atoms with E-state index in [4.69, 9.17) is 5.26 Å². The van der Waals surface area contributed by atoms with Crippen molar-refractivity contribution in [2.45, 2.75) is 26.1 Å². The van der Waals surface area contributed by atoms with Crippen LogP contribution in [0.5, 0.6) is 0 Å². The highest BCUT2D eigenvalue weighted by atomic mass is 32.2. The fourth-order valence-corrected chi connectivity index (χ4v) is 4.77. The van der Waals surface area contributed by atoms with Gasteiger partial charge in [0.25, 0.3) is 5.89 Å². The van der Waals surface area contributed by atoms with Crippen LogP contribution in [-0.4, -0.2) is 34.3 Å². The second-order valence-corrected chi connectivity index (χ2v) is 9.02. The molecule has 158 valence electrons. The Kier molecular flexibility index (Phi) is 6.04. The fraction of sp³-hybridized carbons (Fsp3) is 0.312. The Morgan fingerprint density at radius 3 is 2.67 bits per heavy atom. The van der Waals surface area contributed by atoms with E-state index in [9.17, 15) is 21.6 Å². The zero-order valence-electron chi connectivity index (χ0n) is 15.3. The van der Waals surface area contributed by atoms with Gasteiger partial charge in [-0.15, -0.1) is 21.5 Å². The summed E-state index contributed by atoms with van der Waals surface area (Å²) in [6.07, 6.45) is -0.597.